The van der Waals surface area contributed by atoms with E-state index in [0.29, 0.717) is 31.3 Å². The fraction of sp³-hybridized carbons (Fsp3) is 0.889. The molecule has 4 aliphatic carbocycles. The highest BCUT2D eigenvalue weighted by atomic mass is 16.4. The van der Waals surface area contributed by atoms with Gasteiger partial charge < -0.3 is 35.7 Å². The van der Waals surface area contributed by atoms with Crippen molar-refractivity contribution >= 4 is 5.78 Å². The number of carbonyl (C=O) groups is 1. The van der Waals surface area contributed by atoms with Crippen LogP contribution in [0.15, 0.2) is 11.6 Å². The van der Waals surface area contributed by atoms with E-state index in [1.54, 1.807) is 6.08 Å². The summed E-state index contributed by atoms with van der Waals surface area (Å²) in [5.74, 6) is -1.18. The third-order valence-corrected chi connectivity index (χ3v) is 10.8. The first kappa shape index (κ1) is 27.2. The Morgan fingerprint density at radius 3 is 2.23 bits per heavy atom. The largest absolute Gasteiger partial charge is 0.390 e. The summed E-state index contributed by atoms with van der Waals surface area (Å²) in [6.45, 7) is 8.31. The minimum Gasteiger partial charge on any atom is -0.390 e. The quantitative estimate of drug-likeness (QED) is 0.295. The Morgan fingerprint density at radius 2 is 1.63 bits per heavy atom. The zero-order valence-corrected chi connectivity index (χ0v) is 21.6. The van der Waals surface area contributed by atoms with Crippen molar-refractivity contribution in [3.63, 3.8) is 0 Å². The van der Waals surface area contributed by atoms with Gasteiger partial charge in [0.25, 0.3) is 0 Å². The van der Waals surface area contributed by atoms with Gasteiger partial charge in [-0.1, -0.05) is 13.8 Å². The maximum absolute atomic E-state index is 13.3. The summed E-state index contributed by atoms with van der Waals surface area (Å²) in [6.07, 6.45) is -0.617. The van der Waals surface area contributed by atoms with Gasteiger partial charge in [-0.15, -0.1) is 0 Å². The van der Waals surface area contributed by atoms with Gasteiger partial charge in [0, 0.05) is 17.8 Å². The molecule has 7 N–H and O–H groups in total. The third-order valence-electron chi connectivity index (χ3n) is 10.8. The smallest absolute Gasteiger partial charge is 0.159 e. The lowest BCUT2D eigenvalue weighted by atomic mass is 9.45. The number of ketones is 1. The first-order chi connectivity index (χ1) is 15.9. The Balaban J connectivity index is 1.67. The van der Waals surface area contributed by atoms with Gasteiger partial charge in [-0.25, -0.2) is 0 Å². The Hall–Kier alpha value is -0.870. The molecular weight excluding hydrogens is 452 g/mol. The van der Waals surface area contributed by atoms with E-state index < -0.39 is 63.9 Å². The molecule has 35 heavy (non-hydrogen) atoms. The lowest BCUT2D eigenvalue weighted by Gasteiger charge is -2.60. The standard InChI is InChI=1S/C27H44O8/c1-23(2,33)21(31)12-22(32)26(5,34)20-7-9-27(35)15-10-17(28)16-11-18(29)19(30)13-24(16,3)14(15)6-8-25(20,27)4/h10,14,16,18-22,29-35H,6-9,11-13H2,1-5H3/t14?,16-,18+,19-,20+,21?,22+,24+,25+,26?,27+/m0/s1. The van der Waals surface area contributed by atoms with Crippen LogP contribution in [0.3, 0.4) is 0 Å². The molecule has 200 valence electrons. The molecule has 0 amide bonds. The number of aliphatic hydroxyl groups is 7. The van der Waals surface area contributed by atoms with Crippen molar-refractivity contribution in [2.45, 2.75) is 121 Å². The highest BCUT2D eigenvalue weighted by Gasteiger charge is 2.69. The molecule has 0 aromatic carbocycles. The molecule has 3 unspecified atom stereocenters. The van der Waals surface area contributed by atoms with E-state index in [4.69, 9.17) is 0 Å². The fourth-order valence-corrected chi connectivity index (χ4v) is 8.28. The topological polar surface area (TPSA) is 159 Å². The summed E-state index contributed by atoms with van der Waals surface area (Å²) in [7, 11) is 0. The number of aliphatic hydroxyl groups excluding tert-OH is 4. The third kappa shape index (κ3) is 3.87. The normalized spacial score (nSPS) is 47.1. The van der Waals surface area contributed by atoms with Crippen LogP contribution in [0.4, 0.5) is 0 Å². The summed E-state index contributed by atoms with van der Waals surface area (Å²) >= 11 is 0. The van der Waals surface area contributed by atoms with Gasteiger partial charge in [0.05, 0.1) is 41.2 Å². The fourth-order valence-electron chi connectivity index (χ4n) is 8.28. The van der Waals surface area contributed by atoms with Crippen molar-refractivity contribution in [1.82, 2.24) is 0 Å². The lowest BCUT2D eigenvalue weighted by molar-refractivity contribution is -0.183. The minimum atomic E-state index is -1.64. The summed E-state index contributed by atoms with van der Waals surface area (Å²) < 4.78 is 0. The second-order valence-electron chi connectivity index (χ2n) is 13.2. The predicted octanol–water partition coefficient (Wildman–Crippen LogP) is 0.825. The van der Waals surface area contributed by atoms with Gasteiger partial charge >= 0.3 is 0 Å². The maximum Gasteiger partial charge on any atom is 0.159 e. The van der Waals surface area contributed by atoms with E-state index in [0.717, 1.165) is 0 Å². The summed E-state index contributed by atoms with van der Waals surface area (Å²) in [5, 5.41) is 75.8. The zero-order chi connectivity index (χ0) is 26.4. The number of hydrogen-bond donors (Lipinski definition) is 7. The molecule has 3 saturated carbocycles. The molecule has 0 aromatic heterocycles. The molecule has 0 heterocycles. The van der Waals surface area contributed by atoms with Gasteiger partial charge in [0.15, 0.2) is 5.78 Å². The van der Waals surface area contributed by atoms with Crippen LogP contribution in [0.1, 0.15) is 79.6 Å². The molecule has 4 aliphatic rings. The molecule has 0 saturated heterocycles. The van der Waals surface area contributed by atoms with E-state index in [-0.39, 0.29) is 31.0 Å². The van der Waals surface area contributed by atoms with Crippen LogP contribution in [-0.2, 0) is 4.79 Å². The molecule has 0 spiro atoms. The molecule has 8 heteroatoms. The van der Waals surface area contributed by atoms with Crippen molar-refractivity contribution < 1.29 is 40.5 Å². The molecular formula is C27H44O8. The molecule has 4 rings (SSSR count). The Bertz CT molecular complexity index is 892. The van der Waals surface area contributed by atoms with Crippen LogP contribution in [0.5, 0.6) is 0 Å². The van der Waals surface area contributed by atoms with Crippen molar-refractivity contribution in [3.8, 4) is 0 Å². The van der Waals surface area contributed by atoms with Crippen molar-refractivity contribution in [2.75, 3.05) is 0 Å². The van der Waals surface area contributed by atoms with E-state index >= 15 is 0 Å². The lowest BCUT2D eigenvalue weighted by Crippen LogP contribution is -2.63. The molecule has 0 radical (unpaired) electrons. The summed E-state index contributed by atoms with van der Waals surface area (Å²) in [5.41, 5.74) is -5.18. The average molecular weight is 497 g/mol. The van der Waals surface area contributed by atoms with Crippen LogP contribution in [0.25, 0.3) is 0 Å². The number of hydrogen-bond acceptors (Lipinski definition) is 8. The van der Waals surface area contributed by atoms with E-state index in [9.17, 15) is 40.5 Å². The molecule has 11 atom stereocenters. The van der Waals surface area contributed by atoms with E-state index in [2.05, 4.69) is 0 Å². The molecule has 0 bridgehead atoms. The summed E-state index contributed by atoms with van der Waals surface area (Å²) in [6, 6.07) is 0. The zero-order valence-electron chi connectivity index (χ0n) is 21.6. The van der Waals surface area contributed by atoms with E-state index in [1.165, 1.54) is 20.8 Å². The number of fused-ring (bicyclic) bond motifs is 5. The first-order valence-corrected chi connectivity index (χ1v) is 13.0. The maximum atomic E-state index is 13.3. The Labute approximate surface area is 207 Å². The van der Waals surface area contributed by atoms with Gasteiger partial charge in [0.2, 0.25) is 0 Å². The van der Waals surface area contributed by atoms with Crippen molar-refractivity contribution in [2.24, 2.45) is 28.6 Å². The molecule has 3 fully saturated rings. The second-order valence-corrected chi connectivity index (χ2v) is 13.2. The minimum absolute atomic E-state index is 0.129. The molecule has 8 nitrogen and oxygen atoms in total. The van der Waals surface area contributed by atoms with Crippen molar-refractivity contribution in [3.05, 3.63) is 11.6 Å². The monoisotopic (exact) mass is 496 g/mol. The van der Waals surface area contributed by atoms with Gasteiger partial charge in [0.1, 0.15) is 0 Å². The highest BCUT2D eigenvalue weighted by Crippen LogP contribution is 2.68. The SMILES string of the molecule is CC(C)(O)C(O)C[C@@H](O)C(C)(O)[C@@H]1CC[C@@]2(O)C3=CC(=O)[C@@H]4C[C@@H](O)[C@@H](O)C[C@]4(C)C3CC[C@]12C. The van der Waals surface area contributed by atoms with Crippen LogP contribution in [0, 0.1) is 28.6 Å². The van der Waals surface area contributed by atoms with Crippen LogP contribution >= 0.6 is 0 Å². The number of rotatable bonds is 5. The van der Waals surface area contributed by atoms with Crippen molar-refractivity contribution in [1.29, 1.82) is 0 Å². The predicted molar refractivity (Wildman–Crippen MR) is 128 cm³/mol. The van der Waals surface area contributed by atoms with Crippen LogP contribution in [-0.4, -0.2) is 82.7 Å². The summed E-state index contributed by atoms with van der Waals surface area (Å²) in [4.78, 5) is 13.3. The van der Waals surface area contributed by atoms with E-state index in [1.807, 2.05) is 13.8 Å². The molecule has 0 aromatic rings. The number of allylic oxidation sites excluding steroid dienone is 1. The number of carbonyl (C=O) groups excluding carboxylic acids is 1. The molecule has 0 aliphatic heterocycles. The van der Waals surface area contributed by atoms with Crippen LogP contribution in [0.2, 0.25) is 0 Å². The second kappa shape index (κ2) is 8.32. The van der Waals surface area contributed by atoms with Gasteiger partial charge in [-0.3, -0.25) is 4.79 Å². The Kier molecular flexibility index (Phi) is 6.46. The highest BCUT2D eigenvalue weighted by molar-refractivity contribution is 5.95. The van der Waals surface area contributed by atoms with Gasteiger partial charge in [-0.2, -0.15) is 0 Å². The van der Waals surface area contributed by atoms with Crippen LogP contribution < -0.4 is 0 Å². The average Bonchev–Trinajstić information content (AvgIpc) is 3.01. The first-order valence-electron chi connectivity index (χ1n) is 13.0. The van der Waals surface area contributed by atoms with Gasteiger partial charge in [-0.05, 0) is 88.2 Å². The Morgan fingerprint density at radius 1 is 1.00 bits per heavy atom.